The van der Waals surface area contributed by atoms with Gasteiger partial charge in [-0.25, -0.2) is 9.66 Å². The summed E-state index contributed by atoms with van der Waals surface area (Å²) >= 11 is 3.39. The normalized spacial score (nSPS) is 10.7. The van der Waals surface area contributed by atoms with Crippen LogP contribution < -0.4 is 11.6 Å². The van der Waals surface area contributed by atoms with E-state index < -0.39 is 0 Å². The molecule has 0 aliphatic carbocycles. The lowest BCUT2D eigenvalue weighted by molar-refractivity contribution is 1.02. The number of nitrogen functional groups attached to an aromatic ring is 2. The summed E-state index contributed by atoms with van der Waals surface area (Å²) in [6.07, 6.45) is 3.41. The fourth-order valence-corrected chi connectivity index (χ4v) is 2.35. The molecule has 0 saturated carbocycles. The highest BCUT2D eigenvalue weighted by Crippen LogP contribution is 2.30. The quantitative estimate of drug-likeness (QED) is 0.708. The van der Waals surface area contributed by atoms with Crippen molar-refractivity contribution in [3.05, 3.63) is 53.3 Å². The summed E-state index contributed by atoms with van der Waals surface area (Å²) < 4.78 is 2.26. The van der Waals surface area contributed by atoms with Gasteiger partial charge in [-0.05, 0) is 22.0 Å². The molecule has 0 bridgehead atoms. The predicted molar refractivity (Wildman–Crippen MR) is 83.2 cm³/mol. The van der Waals surface area contributed by atoms with E-state index in [9.17, 15) is 0 Å². The monoisotopic (exact) mass is 329 g/mol. The summed E-state index contributed by atoms with van der Waals surface area (Å²) in [7, 11) is 0. The molecule has 0 spiro atoms. The summed E-state index contributed by atoms with van der Waals surface area (Å²) in [5.74, 6) is 7.04. The number of nitrogens with zero attached hydrogens (tertiary/aromatic N) is 3. The van der Waals surface area contributed by atoms with Crippen molar-refractivity contribution >= 4 is 21.7 Å². The number of rotatable bonds is 2. The largest absolute Gasteiger partial charge is 0.382 e. The summed E-state index contributed by atoms with van der Waals surface area (Å²) in [6.45, 7) is 0. The van der Waals surface area contributed by atoms with Gasteiger partial charge in [-0.1, -0.05) is 30.3 Å². The second-order valence-electron chi connectivity index (χ2n) is 4.30. The Morgan fingerprint density at radius 2 is 1.80 bits per heavy atom. The first-order valence-corrected chi connectivity index (χ1v) is 6.76. The zero-order valence-electron chi connectivity index (χ0n) is 10.5. The summed E-state index contributed by atoms with van der Waals surface area (Å²) in [5, 5.41) is 0. The van der Waals surface area contributed by atoms with Crippen molar-refractivity contribution in [2.75, 3.05) is 11.6 Å². The molecule has 1 aromatic carbocycles. The van der Waals surface area contributed by atoms with E-state index in [2.05, 4.69) is 25.9 Å². The molecule has 100 valence electrons. The number of nitrogens with two attached hydrogens (primary N) is 2. The number of anilines is 1. The molecular formula is C14H12BrN5. The Balaban J connectivity index is 2.16. The smallest absolute Gasteiger partial charge is 0.160 e. The molecular weight excluding hydrogens is 318 g/mol. The van der Waals surface area contributed by atoms with Crippen LogP contribution in [-0.4, -0.2) is 14.6 Å². The Bertz CT molecular complexity index is 752. The van der Waals surface area contributed by atoms with Gasteiger partial charge in [-0.3, -0.25) is 4.98 Å². The predicted octanol–water partition coefficient (Wildman–Crippen LogP) is 2.67. The maximum absolute atomic E-state index is 6.06. The minimum atomic E-state index is 0.406. The molecule has 3 aromatic rings. The Morgan fingerprint density at radius 3 is 2.50 bits per heavy atom. The SMILES string of the molecule is Nc1c(-c2cncc(Br)c2)nc(-c2ccccc2)n1N. The van der Waals surface area contributed by atoms with Crippen LogP contribution in [0.5, 0.6) is 0 Å². The lowest BCUT2D eigenvalue weighted by Gasteiger charge is -2.02. The lowest BCUT2D eigenvalue weighted by Crippen LogP contribution is -2.13. The van der Waals surface area contributed by atoms with Crippen LogP contribution in [0.15, 0.2) is 53.3 Å². The van der Waals surface area contributed by atoms with Gasteiger partial charge >= 0.3 is 0 Å². The van der Waals surface area contributed by atoms with Crippen LogP contribution in [0.1, 0.15) is 0 Å². The fourth-order valence-electron chi connectivity index (χ4n) is 1.99. The first kappa shape index (κ1) is 12.7. The maximum Gasteiger partial charge on any atom is 0.160 e. The average molecular weight is 330 g/mol. The molecule has 6 heteroatoms. The highest BCUT2D eigenvalue weighted by Gasteiger charge is 2.16. The van der Waals surface area contributed by atoms with Crippen molar-refractivity contribution in [1.82, 2.24) is 14.6 Å². The maximum atomic E-state index is 6.06. The van der Waals surface area contributed by atoms with Crippen LogP contribution in [-0.2, 0) is 0 Å². The standard InChI is InChI=1S/C14H12BrN5/c15-11-6-10(7-18-8-11)12-13(16)20(17)14(19-12)9-4-2-1-3-5-9/h1-8H,16-17H2. The van der Waals surface area contributed by atoms with Gasteiger partial charge in [0.05, 0.1) is 0 Å². The van der Waals surface area contributed by atoms with E-state index in [1.807, 2.05) is 36.4 Å². The number of imidazole rings is 1. The van der Waals surface area contributed by atoms with Gasteiger partial charge < -0.3 is 11.6 Å². The van der Waals surface area contributed by atoms with Gasteiger partial charge in [0.1, 0.15) is 5.69 Å². The van der Waals surface area contributed by atoms with Gasteiger partial charge in [-0.2, -0.15) is 0 Å². The Morgan fingerprint density at radius 1 is 1.05 bits per heavy atom. The molecule has 5 nitrogen and oxygen atoms in total. The average Bonchev–Trinajstić information content (AvgIpc) is 2.76. The third-order valence-electron chi connectivity index (χ3n) is 2.96. The fraction of sp³-hybridized carbons (Fsp3) is 0. The van der Waals surface area contributed by atoms with Gasteiger partial charge in [0.25, 0.3) is 0 Å². The number of pyridine rings is 1. The molecule has 0 aliphatic rings. The first-order valence-electron chi connectivity index (χ1n) is 5.96. The second kappa shape index (κ2) is 4.97. The van der Waals surface area contributed by atoms with E-state index in [1.54, 1.807) is 12.4 Å². The van der Waals surface area contributed by atoms with E-state index in [4.69, 9.17) is 11.6 Å². The minimum absolute atomic E-state index is 0.406. The van der Waals surface area contributed by atoms with Crippen molar-refractivity contribution in [2.24, 2.45) is 0 Å². The Kier molecular flexibility index (Phi) is 3.15. The molecule has 0 atom stereocenters. The van der Waals surface area contributed by atoms with Crippen molar-refractivity contribution < 1.29 is 0 Å². The minimum Gasteiger partial charge on any atom is -0.382 e. The molecule has 0 saturated heterocycles. The zero-order valence-corrected chi connectivity index (χ0v) is 12.1. The molecule has 0 fully saturated rings. The van der Waals surface area contributed by atoms with Crippen LogP contribution in [0.2, 0.25) is 0 Å². The van der Waals surface area contributed by atoms with Gasteiger partial charge in [0, 0.05) is 28.0 Å². The van der Waals surface area contributed by atoms with Gasteiger partial charge in [0.15, 0.2) is 11.6 Å². The third-order valence-corrected chi connectivity index (χ3v) is 3.39. The molecule has 20 heavy (non-hydrogen) atoms. The van der Waals surface area contributed by atoms with Crippen LogP contribution in [0, 0.1) is 0 Å². The molecule has 0 aliphatic heterocycles. The number of halogens is 1. The molecule has 0 unspecified atom stereocenters. The summed E-state index contributed by atoms with van der Waals surface area (Å²) in [6, 6.07) is 11.6. The van der Waals surface area contributed by atoms with E-state index in [0.717, 1.165) is 15.6 Å². The molecule has 2 heterocycles. The van der Waals surface area contributed by atoms with E-state index >= 15 is 0 Å². The highest BCUT2D eigenvalue weighted by molar-refractivity contribution is 9.10. The van der Waals surface area contributed by atoms with E-state index in [0.29, 0.717) is 17.3 Å². The summed E-state index contributed by atoms with van der Waals surface area (Å²) in [4.78, 5) is 8.66. The topological polar surface area (TPSA) is 82.8 Å². The number of aromatic nitrogens is 3. The molecule has 3 rings (SSSR count). The zero-order chi connectivity index (χ0) is 14.1. The first-order chi connectivity index (χ1) is 9.66. The van der Waals surface area contributed by atoms with Crippen LogP contribution in [0.4, 0.5) is 5.82 Å². The van der Waals surface area contributed by atoms with Gasteiger partial charge in [-0.15, -0.1) is 0 Å². The molecule has 2 aromatic heterocycles. The molecule has 0 radical (unpaired) electrons. The van der Waals surface area contributed by atoms with E-state index in [1.165, 1.54) is 4.68 Å². The molecule has 0 amide bonds. The van der Waals surface area contributed by atoms with Crippen LogP contribution >= 0.6 is 15.9 Å². The van der Waals surface area contributed by atoms with Crippen molar-refractivity contribution in [2.45, 2.75) is 0 Å². The second-order valence-corrected chi connectivity index (χ2v) is 5.21. The Hall–Kier alpha value is -2.34. The number of hydrogen-bond donors (Lipinski definition) is 2. The lowest BCUT2D eigenvalue weighted by atomic mass is 10.2. The van der Waals surface area contributed by atoms with Crippen molar-refractivity contribution in [3.8, 4) is 22.6 Å². The van der Waals surface area contributed by atoms with Gasteiger partial charge in [0.2, 0.25) is 0 Å². The number of hydrogen-bond acceptors (Lipinski definition) is 4. The third kappa shape index (κ3) is 2.14. The van der Waals surface area contributed by atoms with Crippen LogP contribution in [0.3, 0.4) is 0 Å². The van der Waals surface area contributed by atoms with Crippen molar-refractivity contribution in [3.63, 3.8) is 0 Å². The molecule has 4 N–H and O–H groups in total. The van der Waals surface area contributed by atoms with Crippen molar-refractivity contribution in [1.29, 1.82) is 0 Å². The summed E-state index contributed by atoms with van der Waals surface area (Å²) in [5.41, 5.74) is 8.41. The van der Waals surface area contributed by atoms with Crippen LogP contribution in [0.25, 0.3) is 22.6 Å². The number of benzene rings is 1. The Labute approximate surface area is 124 Å². The highest BCUT2D eigenvalue weighted by atomic mass is 79.9. The van der Waals surface area contributed by atoms with E-state index in [-0.39, 0.29) is 0 Å².